The topological polar surface area (TPSA) is 147 Å². The van der Waals surface area contributed by atoms with Crippen LogP contribution >= 0.6 is 0 Å². The van der Waals surface area contributed by atoms with E-state index in [0.29, 0.717) is 24.9 Å². The molecule has 0 aliphatic rings. The molecule has 3 rings (SSSR count). The van der Waals surface area contributed by atoms with Crippen LogP contribution in [0.25, 0.3) is 11.1 Å². The van der Waals surface area contributed by atoms with Gasteiger partial charge < -0.3 is 25.8 Å². The summed E-state index contributed by atoms with van der Waals surface area (Å²) in [6.07, 6.45) is -1.70. The SMILES string of the molecule is CCOC(=O)CC(NC(=O)CNC(=O)CCCCNc1ccccn1)c1cccc(-c2ccc(F)cc2)c1.O=C(O)C(F)(F)F. The van der Waals surface area contributed by atoms with Crippen LogP contribution in [0.2, 0.25) is 0 Å². The van der Waals surface area contributed by atoms with Gasteiger partial charge >= 0.3 is 18.1 Å². The summed E-state index contributed by atoms with van der Waals surface area (Å²) in [5, 5.41) is 15.8. The minimum Gasteiger partial charge on any atom is -0.475 e. The lowest BCUT2D eigenvalue weighted by atomic mass is 9.97. The second-order valence-electron chi connectivity index (χ2n) is 9.44. The fourth-order valence-corrected chi connectivity index (χ4v) is 3.82. The molecule has 0 aliphatic heterocycles. The Morgan fingerprint density at radius 2 is 1.64 bits per heavy atom. The molecule has 242 valence electrons. The average molecular weight is 635 g/mol. The lowest BCUT2D eigenvalue weighted by molar-refractivity contribution is -0.192. The number of amides is 2. The Kier molecular flexibility index (Phi) is 15.0. The number of esters is 1. The third-order valence-electron chi connectivity index (χ3n) is 5.97. The van der Waals surface area contributed by atoms with E-state index in [9.17, 15) is 31.9 Å². The number of nitrogens with zero attached hydrogens (tertiary/aromatic N) is 1. The number of aromatic nitrogens is 1. The summed E-state index contributed by atoms with van der Waals surface area (Å²) in [6, 6.07) is 18.4. The van der Waals surface area contributed by atoms with E-state index < -0.39 is 30.1 Å². The molecule has 14 heteroatoms. The summed E-state index contributed by atoms with van der Waals surface area (Å²) < 4.78 is 50.2. The fraction of sp³-hybridized carbons (Fsp3) is 0.323. The molecule has 0 aliphatic carbocycles. The second kappa shape index (κ2) is 18.6. The maximum absolute atomic E-state index is 13.3. The quantitative estimate of drug-likeness (QED) is 0.110. The van der Waals surface area contributed by atoms with Crippen molar-refractivity contribution in [2.45, 2.75) is 44.8 Å². The van der Waals surface area contributed by atoms with Gasteiger partial charge in [0.2, 0.25) is 11.8 Å². The first-order valence-electron chi connectivity index (χ1n) is 13.9. The summed E-state index contributed by atoms with van der Waals surface area (Å²) in [5.41, 5.74) is 2.31. The molecule has 4 N–H and O–H groups in total. The molecule has 3 aromatic rings. The van der Waals surface area contributed by atoms with Crippen molar-refractivity contribution in [3.8, 4) is 11.1 Å². The van der Waals surface area contributed by atoms with Gasteiger partial charge in [0.15, 0.2) is 0 Å². The number of halogens is 4. The van der Waals surface area contributed by atoms with Crippen LogP contribution in [-0.2, 0) is 23.9 Å². The molecule has 45 heavy (non-hydrogen) atoms. The molecule has 1 heterocycles. The Morgan fingerprint density at radius 1 is 0.933 bits per heavy atom. The first-order valence-corrected chi connectivity index (χ1v) is 13.9. The Hall–Kier alpha value is -5.01. The number of carboxylic acids is 1. The van der Waals surface area contributed by atoms with Crippen LogP contribution in [0.3, 0.4) is 0 Å². The van der Waals surface area contributed by atoms with Crippen molar-refractivity contribution in [1.29, 1.82) is 0 Å². The maximum Gasteiger partial charge on any atom is 0.490 e. The number of anilines is 1. The number of hydrogen-bond acceptors (Lipinski definition) is 7. The normalized spacial score (nSPS) is 11.3. The first kappa shape index (κ1) is 36.2. The zero-order valence-electron chi connectivity index (χ0n) is 24.4. The van der Waals surface area contributed by atoms with Gasteiger partial charge in [-0.05, 0) is 66.8 Å². The van der Waals surface area contributed by atoms with Crippen molar-refractivity contribution in [1.82, 2.24) is 15.6 Å². The van der Waals surface area contributed by atoms with Crippen LogP contribution in [-0.4, -0.2) is 59.7 Å². The molecule has 0 bridgehead atoms. The predicted molar refractivity (Wildman–Crippen MR) is 157 cm³/mol. The highest BCUT2D eigenvalue weighted by Gasteiger charge is 2.38. The molecule has 10 nitrogen and oxygen atoms in total. The third-order valence-corrected chi connectivity index (χ3v) is 5.97. The molecule has 0 fully saturated rings. The van der Waals surface area contributed by atoms with E-state index in [4.69, 9.17) is 14.6 Å². The van der Waals surface area contributed by atoms with E-state index in [-0.39, 0.29) is 31.3 Å². The van der Waals surface area contributed by atoms with Crippen LogP contribution < -0.4 is 16.0 Å². The zero-order chi connectivity index (χ0) is 33.2. The van der Waals surface area contributed by atoms with Crippen molar-refractivity contribution in [3.05, 3.63) is 84.3 Å². The number of alkyl halides is 3. The molecule has 1 atom stereocenters. The van der Waals surface area contributed by atoms with Crippen molar-refractivity contribution in [3.63, 3.8) is 0 Å². The van der Waals surface area contributed by atoms with Gasteiger partial charge in [0, 0.05) is 19.2 Å². The van der Waals surface area contributed by atoms with Gasteiger partial charge in [-0.1, -0.05) is 36.4 Å². The highest BCUT2D eigenvalue weighted by molar-refractivity contribution is 5.85. The smallest absolute Gasteiger partial charge is 0.475 e. The molecular formula is C31H34F4N4O6. The zero-order valence-corrected chi connectivity index (χ0v) is 24.4. The number of carboxylic acid groups (broad SMARTS) is 1. The summed E-state index contributed by atoms with van der Waals surface area (Å²) in [5.74, 6) is -3.40. The van der Waals surface area contributed by atoms with E-state index in [0.717, 1.165) is 23.4 Å². The van der Waals surface area contributed by atoms with Crippen LogP contribution in [0.1, 0.15) is 44.2 Å². The number of rotatable bonds is 14. The van der Waals surface area contributed by atoms with Gasteiger partial charge in [0.1, 0.15) is 11.6 Å². The highest BCUT2D eigenvalue weighted by atomic mass is 19.4. The molecule has 1 aromatic heterocycles. The molecule has 2 aromatic carbocycles. The maximum atomic E-state index is 13.3. The van der Waals surface area contributed by atoms with Crippen LogP contribution in [0.4, 0.5) is 23.4 Å². The standard InChI is InChI=1S/C29H33FN4O4.C2HF3O2/c1-2-38-29(37)19-25(23-9-7-8-22(18-23)21-12-14-24(30)15-13-21)34-28(36)20-33-27(35)11-4-6-17-32-26-10-3-5-16-31-26;3-2(4,5)1(6)7/h3,5,7-10,12-16,18,25H,2,4,6,11,17,19-20H2,1H3,(H,31,32)(H,33,35)(H,34,36);(H,6,7). The van der Waals surface area contributed by atoms with E-state index >= 15 is 0 Å². The molecule has 0 saturated carbocycles. The van der Waals surface area contributed by atoms with Crippen molar-refractivity contribution in [2.75, 3.05) is 25.0 Å². The number of benzene rings is 2. The number of carbonyl (C=O) groups is 4. The minimum absolute atomic E-state index is 0.0658. The molecule has 0 saturated heterocycles. The molecule has 1 unspecified atom stereocenters. The van der Waals surface area contributed by atoms with Gasteiger partial charge in [-0.25, -0.2) is 14.2 Å². The summed E-state index contributed by atoms with van der Waals surface area (Å²) in [4.78, 5) is 50.2. The van der Waals surface area contributed by atoms with Crippen LogP contribution in [0, 0.1) is 5.82 Å². The van der Waals surface area contributed by atoms with Crippen molar-refractivity contribution in [2.24, 2.45) is 0 Å². The Labute approximate surface area is 257 Å². The second-order valence-corrected chi connectivity index (χ2v) is 9.44. The van der Waals surface area contributed by atoms with Gasteiger partial charge in [-0.3, -0.25) is 14.4 Å². The highest BCUT2D eigenvalue weighted by Crippen LogP contribution is 2.25. The molecule has 0 radical (unpaired) electrons. The monoisotopic (exact) mass is 634 g/mol. The number of carbonyl (C=O) groups excluding carboxylic acids is 3. The van der Waals surface area contributed by atoms with Gasteiger partial charge in [0.05, 0.1) is 25.6 Å². The van der Waals surface area contributed by atoms with Crippen LogP contribution in [0.15, 0.2) is 72.9 Å². The first-order chi connectivity index (χ1) is 21.4. The lowest BCUT2D eigenvalue weighted by Gasteiger charge is -2.20. The average Bonchev–Trinajstić information content (AvgIpc) is 3.00. The van der Waals surface area contributed by atoms with Gasteiger partial charge in [-0.15, -0.1) is 0 Å². The number of pyridine rings is 1. The predicted octanol–water partition coefficient (Wildman–Crippen LogP) is 5.03. The Balaban J connectivity index is 0.000000900. The molecule has 2 amide bonds. The lowest BCUT2D eigenvalue weighted by Crippen LogP contribution is -2.39. The van der Waals surface area contributed by atoms with Crippen molar-refractivity contribution >= 4 is 29.6 Å². The summed E-state index contributed by atoms with van der Waals surface area (Å²) >= 11 is 0. The third kappa shape index (κ3) is 14.3. The van der Waals surface area contributed by atoms with E-state index in [1.807, 2.05) is 36.4 Å². The number of aliphatic carboxylic acids is 1. The number of hydrogen-bond donors (Lipinski definition) is 4. The summed E-state index contributed by atoms with van der Waals surface area (Å²) in [6.45, 7) is 2.42. The van der Waals surface area contributed by atoms with Gasteiger partial charge in [0.25, 0.3) is 0 Å². The van der Waals surface area contributed by atoms with E-state index in [2.05, 4.69) is 20.9 Å². The van der Waals surface area contributed by atoms with Crippen LogP contribution in [0.5, 0.6) is 0 Å². The number of ether oxygens (including phenoxy) is 1. The number of unbranched alkanes of at least 4 members (excludes halogenated alkanes) is 1. The Bertz CT molecular complexity index is 1390. The van der Waals surface area contributed by atoms with E-state index in [1.165, 1.54) is 12.1 Å². The van der Waals surface area contributed by atoms with Crippen molar-refractivity contribution < 1.29 is 46.6 Å². The summed E-state index contributed by atoms with van der Waals surface area (Å²) in [7, 11) is 0. The Morgan fingerprint density at radius 3 is 2.27 bits per heavy atom. The molecule has 0 spiro atoms. The largest absolute Gasteiger partial charge is 0.490 e. The van der Waals surface area contributed by atoms with Gasteiger partial charge in [-0.2, -0.15) is 13.2 Å². The number of nitrogens with one attached hydrogen (secondary N) is 3. The minimum atomic E-state index is -5.08. The van der Waals surface area contributed by atoms with E-state index in [1.54, 1.807) is 31.3 Å². The fourth-order valence-electron chi connectivity index (χ4n) is 3.82. The molecular weight excluding hydrogens is 600 g/mol.